The molecule has 0 saturated carbocycles. The Hall–Kier alpha value is -1.77. The lowest BCUT2D eigenvalue weighted by Gasteiger charge is -2.12. The number of benzene rings is 1. The monoisotopic (exact) mass is 310 g/mol. The van der Waals surface area contributed by atoms with E-state index in [1.165, 1.54) is 12.4 Å². The molecule has 0 unspecified atom stereocenters. The second-order valence-electron chi connectivity index (χ2n) is 4.88. The zero-order valence-corrected chi connectivity index (χ0v) is 13.0. The molecule has 0 aliphatic rings. The van der Waals surface area contributed by atoms with Crippen molar-refractivity contribution in [2.75, 3.05) is 0 Å². The zero-order valence-electron chi connectivity index (χ0n) is 12.2. The van der Waals surface area contributed by atoms with Crippen LogP contribution < -0.4 is 4.72 Å². The molecule has 114 valence electrons. The Labute approximate surface area is 123 Å². The van der Waals surface area contributed by atoms with Gasteiger partial charge in [-0.05, 0) is 36.6 Å². The van der Waals surface area contributed by atoms with Crippen LogP contribution in [-0.2, 0) is 30.2 Å². The van der Waals surface area contributed by atoms with E-state index in [0.717, 1.165) is 5.56 Å². The zero-order chi connectivity index (χ0) is 15.6. The molecule has 2 rings (SSSR count). The quantitative estimate of drug-likeness (QED) is 0.833. The maximum Gasteiger partial charge on any atom is 0.241 e. The van der Waals surface area contributed by atoms with Crippen LogP contribution >= 0.6 is 0 Å². The highest BCUT2D eigenvalue weighted by Gasteiger charge is 2.19. The van der Waals surface area contributed by atoms with Gasteiger partial charge in [-0.1, -0.05) is 6.07 Å². The molecule has 0 radical (unpaired) electrons. The van der Waals surface area contributed by atoms with Crippen molar-refractivity contribution >= 4 is 10.0 Å². The van der Waals surface area contributed by atoms with Gasteiger partial charge in [-0.25, -0.2) is 13.1 Å². The molecule has 0 bridgehead atoms. The van der Waals surface area contributed by atoms with E-state index in [1.54, 1.807) is 24.6 Å². The lowest BCUT2D eigenvalue weighted by atomic mass is 10.1. The normalized spacial score (nSPS) is 11.8. The van der Waals surface area contributed by atoms with Gasteiger partial charge in [0.1, 0.15) is 12.2 Å². The fraction of sp³-hybridized carbons (Fsp3) is 0.385. The molecule has 1 aromatic carbocycles. The SMILES string of the molecule is Cc1cc(CO)cc(S(=O)(=O)NCc2nncn2C)c1C. The van der Waals surface area contributed by atoms with Crippen molar-refractivity contribution in [2.24, 2.45) is 7.05 Å². The Kier molecular flexibility index (Phi) is 4.40. The van der Waals surface area contributed by atoms with Crippen molar-refractivity contribution in [3.63, 3.8) is 0 Å². The molecule has 0 spiro atoms. The van der Waals surface area contributed by atoms with Crippen molar-refractivity contribution in [1.82, 2.24) is 19.5 Å². The number of aliphatic hydroxyl groups is 1. The summed E-state index contributed by atoms with van der Waals surface area (Å²) in [7, 11) is -1.94. The number of hydrogen-bond donors (Lipinski definition) is 2. The topological polar surface area (TPSA) is 97.1 Å². The fourth-order valence-electron chi connectivity index (χ4n) is 1.97. The average molecular weight is 310 g/mol. The first-order chi connectivity index (χ1) is 9.85. The largest absolute Gasteiger partial charge is 0.392 e. The highest BCUT2D eigenvalue weighted by Crippen LogP contribution is 2.21. The molecule has 0 amide bonds. The molecule has 0 atom stereocenters. The first-order valence-electron chi connectivity index (χ1n) is 6.38. The summed E-state index contributed by atoms with van der Waals surface area (Å²) in [5.41, 5.74) is 2.05. The predicted molar refractivity (Wildman–Crippen MR) is 76.9 cm³/mol. The van der Waals surface area contributed by atoms with Crippen LogP contribution in [0.1, 0.15) is 22.5 Å². The van der Waals surface area contributed by atoms with Crippen LogP contribution in [0.25, 0.3) is 0 Å². The van der Waals surface area contributed by atoms with Crippen molar-refractivity contribution in [1.29, 1.82) is 0 Å². The van der Waals surface area contributed by atoms with Gasteiger partial charge in [0.2, 0.25) is 10.0 Å². The Bertz CT molecular complexity index is 753. The molecular formula is C13H18N4O3S. The summed E-state index contributed by atoms with van der Waals surface area (Å²) >= 11 is 0. The van der Waals surface area contributed by atoms with E-state index in [9.17, 15) is 13.5 Å². The summed E-state index contributed by atoms with van der Waals surface area (Å²) in [6.07, 6.45) is 1.51. The van der Waals surface area contributed by atoms with Gasteiger partial charge in [0.15, 0.2) is 0 Å². The summed E-state index contributed by atoms with van der Waals surface area (Å²) in [6.45, 7) is 3.41. The average Bonchev–Trinajstić information content (AvgIpc) is 2.84. The molecule has 0 aliphatic heterocycles. The van der Waals surface area contributed by atoms with Crippen LogP contribution in [-0.4, -0.2) is 28.3 Å². The van der Waals surface area contributed by atoms with Crippen LogP contribution in [0.3, 0.4) is 0 Å². The smallest absolute Gasteiger partial charge is 0.241 e. The van der Waals surface area contributed by atoms with Gasteiger partial charge in [0.25, 0.3) is 0 Å². The van der Waals surface area contributed by atoms with E-state index in [-0.39, 0.29) is 18.0 Å². The first-order valence-corrected chi connectivity index (χ1v) is 7.87. The molecule has 0 saturated heterocycles. The highest BCUT2D eigenvalue weighted by molar-refractivity contribution is 7.89. The number of hydrogen-bond acceptors (Lipinski definition) is 5. The molecule has 2 N–H and O–H groups in total. The number of aryl methyl sites for hydroxylation is 2. The summed E-state index contributed by atoms with van der Waals surface area (Å²) in [4.78, 5) is 0.175. The standard InChI is InChI=1S/C13H18N4O3S/c1-9-4-11(7-18)5-12(10(9)2)21(19,20)15-6-13-16-14-8-17(13)3/h4-5,8,15,18H,6-7H2,1-3H3. The van der Waals surface area contributed by atoms with Crippen molar-refractivity contribution in [3.05, 3.63) is 41.0 Å². The van der Waals surface area contributed by atoms with Gasteiger partial charge in [-0.2, -0.15) is 0 Å². The minimum absolute atomic E-state index is 0.0562. The lowest BCUT2D eigenvalue weighted by Crippen LogP contribution is -2.25. The number of sulfonamides is 1. The molecule has 7 nitrogen and oxygen atoms in total. The lowest BCUT2D eigenvalue weighted by molar-refractivity contribution is 0.281. The van der Waals surface area contributed by atoms with Crippen LogP contribution in [0.5, 0.6) is 0 Å². The van der Waals surface area contributed by atoms with E-state index in [1.807, 2.05) is 6.92 Å². The van der Waals surface area contributed by atoms with Crippen LogP contribution in [0.15, 0.2) is 23.4 Å². The molecule has 2 aromatic rings. The summed E-state index contributed by atoms with van der Waals surface area (Å²) < 4.78 is 29.0. The third kappa shape index (κ3) is 3.29. The highest BCUT2D eigenvalue weighted by atomic mass is 32.2. The van der Waals surface area contributed by atoms with Crippen LogP contribution in [0.4, 0.5) is 0 Å². The van der Waals surface area contributed by atoms with Gasteiger partial charge in [0, 0.05) is 7.05 Å². The number of nitrogens with zero attached hydrogens (tertiary/aromatic N) is 3. The summed E-state index contributed by atoms with van der Waals surface area (Å²) in [5, 5.41) is 16.8. The number of nitrogens with one attached hydrogen (secondary N) is 1. The van der Waals surface area contributed by atoms with Crippen molar-refractivity contribution in [2.45, 2.75) is 31.9 Å². The number of aromatic nitrogens is 3. The Balaban J connectivity index is 2.31. The number of rotatable bonds is 5. The van der Waals surface area contributed by atoms with Crippen LogP contribution in [0.2, 0.25) is 0 Å². The summed E-state index contributed by atoms with van der Waals surface area (Å²) in [5.74, 6) is 0.520. The fourth-order valence-corrected chi connectivity index (χ4v) is 3.32. The van der Waals surface area contributed by atoms with Gasteiger partial charge in [-0.3, -0.25) is 0 Å². The van der Waals surface area contributed by atoms with E-state index < -0.39 is 10.0 Å². The van der Waals surface area contributed by atoms with E-state index in [0.29, 0.717) is 17.0 Å². The first kappa shape index (κ1) is 15.6. The van der Waals surface area contributed by atoms with Gasteiger partial charge < -0.3 is 9.67 Å². The maximum absolute atomic E-state index is 12.4. The Morgan fingerprint density at radius 1 is 1.33 bits per heavy atom. The van der Waals surface area contributed by atoms with Gasteiger partial charge >= 0.3 is 0 Å². The van der Waals surface area contributed by atoms with E-state index in [4.69, 9.17) is 0 Å². The molecule has 0 fully saturated rings. The third-order valence-corrected chi connectivity index (χ3v) is 4.90. The second kappa shape index (κ2) is 5.92. The molecule has 0 aliphatic carbocycles. The molecule has 8 heteroatoms. The molecule has 21 heavy (non-hydrogen) atoms. The van der Waals surface area contributed by atoms with Crippen LogP contribution in [0, 0.1) is 13.8 Å². The van der Waals surface area contributed by atoms with Crippen molar-refractivity contribution in [3.8, 4) is 0 Å². The molecular weight excluding hydrogens is 292 g/mol. The van der Waals surface area contributed by atoms with E-state index in [2.05, 4.69) is 14.9 Å². The Morgan fingerprint density at radius 2 is 2.05 bits per heavy atom. The van der Waals surface area contributed by atoms with Crippen molar-refractivity contribution < 1.29 is 13.5 Å². The molecule has 1 heterocycles. The summed E-state index contributed by atoms with van der Waals surface area (Å²) in [6, 6.07) is 3.26. The van der Waals surface area contributed by atoms with Gasteiger partial charge in [-0.15, -0.1) is 10.2 Å². The minimum atomic E-state index is -3.68. The second-order valence-corrected chi connectivity index (χ2v) is 6.61. The predicted octanol–water partition coefficient (Wildman–Crippen LogP) is 0.403. The minimum Gasteiger partial charge on any atom is -0.392 e. The maximum atomic E-state index is 12.4. The Morgan fingerprint density at radius 3 is 2.62 bits per heavy atom. The van der Waals surface area contributed by atoms with E-state index >= 15 is 0 Å². The van der Waals surface area contributed by atoms with Gasteiger partial charge in [0.05, 0.1) is 18.0 Å². The third-order valence-electron chi connectivity index (χ3n) is 3.38. The molecule has 1 aromatic heterocycles. The number of aliphatic hydroxyl groups excluding tert-OH is 1.